The molecule has 2 heterocycles. The fraction of sp³-hybridized carbons (Fsp3) is 0.276. The minimum Gasteiger partial charge on any atom is -0.497 e. The Kier molecular flexibility index (Phi) is 6.98. The predicted molar refractivity (Wildman–Crippen MR) is 138 cm³/mol. The van der Waals surface area contributed by atoms with Crippen LogP contribution in [0.15, 0.2) is 76.1 Å². The van der Waals surface area contributed by atoms with E-state index in [0.29, 0.717) is 30.8 Å². The van der Waals surface area contributed by atoms with Crippen molar-refractivity contribution in [2.24, 2.45) is 0 Å². The van der Waals surface area contributed by atoms with E-state index in [0.717, 1.165) is 59.4 Å². The van der Waals surface area contributed by atoms with Crippen molar-refractivity contribution < 1.29 is 13.9 Å². The van der Waals surface area contributed by atoms with E-state index in [-0.39, 0.29) is 11.5 Å². The minimum absolute atomic E-state index is 0.0810. The van der Waals surface area contributed by atoms with Crippen molar-refractivity contribution in [2.75, 3.05) is 18.6 Å². The maximum absolute atomic E-state index is 13.6. The third-order valence-electron chi connectivity index (χ3n) is 6.70. The topological polar surface area (TPSA) is 88.4 Å². The van der Waals surface area contributed by atoms with Gasteiger partial charge in [0.25, 0.3) is 11.5 Å². The molecule has 0 bridgehead atoms. The number of anilines is 1. The molecule has 5 rings (SSSR count). The molecule has 0 saturated carbocycles. The van der Waals surface area contributed by atoms with Crippen molar-refractivity contribution in [1.29, 1.82) is 0 Å². The van der Waals surface area contributed by atoms with Gasteiger partial charge in [-0.15, -0.1) is 0 Å². The summed E-state index contributed by atoms with van der Waals surface area (Å²) in [7, 11) is 1.64. The lowest BCUT2D eigenvalue weighted by molar-refractivity contribution is 0.0983. The Morgan fingerprint density at radius 3 is 2.64 bits per heavy atom. The van der Waals surface area contributed by atoms with Gasteiger partial charge in [-0.3, -0.25) is 14.5 Å². The fourth-order valence-corrected chi connectivity index (χ4v) is 4.84. The molecule has 0 aliphatic heterocycles. The highest BCUT2D eigenvalue weighted by molar-refractivity contribution is 6.05. The van der Waals surface area contributed by atoms with Crippen LogP contribution < -0.4 is 15.2 Å². The van der Waals surface area contributed by atoms with Crippen LogP contribution in [0.2, 0.25) is 0 Å². The number of amides is 1. The molecule has 0 radical (unpaired) electrons. The van der Waals surface area contributed by atoms with Crippen LogP contribution in [0.25, 0.3) is 0 Å². The van der Waals surface area contributed by atoms with Crippen LogP contribution >= 0.6 is 0 Å². The molecule has 0 atom stereocenters. The highest BCUT2D eigenvalue weighted by Gasteiger charge is 2.22. The van der Waals surface area contributed by atoms with Crippen molar-refractivity contribution >= 4 is 11.8 Å². The summed E-state index contributed by atoms with van der Waals surface area (Å²) in [4.78, 5) is 27.5. The SMILES string of the molecule is COc1cccc(CCN(C(=O)c2cccc(Cc3n[nH]c(=O)c4c3CCCC4)c2)c2ccco2)c1. The van der Waals surface area contributed by atoms with Crippen molar-refractivity contribution in [1.82, 2.24) is 10.2 Å². The summed E-state index contributed by atoms with van der Waals surface area (Å²) in [6.07, 6.45) is 6.54. The zero-order valence-corrected chi connectivity index (χ0v) is 20.3. The van der Waals surface area contributed by atoms with E-state index in [1.165, 1.54) is 0 Å². The van der Waals surface area contributed by atoms with Gasteiger partial charge in [0.15, 0.2) is 0 Å². The van der Waals surface area contributed by atoms with Crippen molar-refractivity contribution in [3.05, 3.63) is 111 Å². The number of nitrogens with zero attached hydrogens (tertiary/aromatic N) is 2. The molecular formula is C29H29N3O4. The van der Waals surface area contributed by atoms with Crippen LogP contribution in [0.5, 0.6) is 5.75 Å². The molecule has 0 fully saturated rings. The zero-order chi connectivity index (χ0) is 24.9. The molecule has 1 aliphatic carbocycles. The summed E-state index contributed by atoms with van der Waals surface area (Å²) in [6, 6.07) is 19.0. The first-order valence-corrected chi connectivity index (χ1v) is 12.3. The smallest absolute Gasteiger partial charge is 0.267 e. The lowest BCUT2D eigenvalue weighted by atomic mass is 9.90. The fourth-order valence-electron chi connectivity index (χ4n) is 4.84. The largest absolute Gasteiger partial charge is 0.497 e. The maximum Gasteiger partial charge on any atom is 0.267 e. The Bertz CT molecular complexity index is 1410. The average Bonchev–Trinajstić information content (AvgIpc) is 3.45. The molecule has 36 heavy (non-hydrogen) atoms. The number of hydrogen-bond acceptors (Lipinski definition) is 5. The van der Waals surface area contributed by atoms with Gasteiger partial charge < -0.3 is 9.15 Å². The van der Waals surface area contributed by atoms with Gasteiger partial charge in [0.2, 0.25) is 5.88 Å². The van der Waals surface area contributed by atoms with E-state index < -0.39 is 0 Å². The number of nitrogens with one attached hydrogen (secondary N) is 1. The molecule has 1 aliphatic rings. The van der Waals surface area contributed by atoms with Gasteiger partial charge in [0.1, 0.15) is 5.75 Å². The number of furan rings is 1. The molecular weight excluding hydrogens is 454 g/mol. The normalized spacial score (nSPS) is 12.7. The molecule has 1 N–H and O–H groups in total. The Balaban J connectivity index is 1.38. The number of H-pyrrole nitrogens is 1. The summed E-state index contributed by atoms with van der Waals surface area (Å²) in [5, 5.41) is 7.02. The second kappa shape index (κ2) is 10.6. The molecule has 0 unspecified atom stereocenters. The number of hydrogen-bond donors (Lipinski definition) is 1. The van der Waals surface area contributed by atoms with Crippen LogP contribution in [0.4, 0.5) is 5.88 Å². The molecule has 2 aromatic heterocycles. The van der Waals surface area contributed by atoms with Crippen LogP contribution in [-0.2, 0) is 25.7 Å². The van der Waals surface area contributed by atoms with Gasteiger partial charge in [-0.1, -0.05) is 24.3 Å². The lowest BCUT2D eigenvalue weighted by Crippen LogP contribution is -2.32. The zero-order valence-electron chi connectivity index (χ0n) is 20.3. The molecule has 184 valence electrons. The number of carbonyl (C=O) groups excluding carboxylic acids is 1. The average molecular weight is 484 g/mol. The number of ether oxygens (including phenoxy) is 1. The van der Waals surface area contributed by atoms with Crippen LogP contribution in [-0.4, -0.2) is 29.8 Å². The number of methoxy groups -OCH3 is 1. The lowest BCUT2D eigenvalue weighted by Gasteiger charge is -2.21. The number of aromatic amines is 1. The maximum atomic E-state index is 13.6. The van der Waals surface area contributed by atoms with E-state index >= 15 is 0 Å². The van der Waals surface area contributed by atoms with Crippen molar-refractivity contribution in [3.8, 4) is 5.75 Å². The number of rotatable bonds is 8. The molecule has 7 heteroatoms. The van der Waals surface area contributed by atoms with Gasteiger partial charge in [-0.2, -0.15) is 5.10 Å². The number of benzene rings is 2. The molecule has 1 amide bonds. The molecule has 0 spiro atoms. The molecule has 7 nitrogen and oxygen atoms in total. The molecule has 0 saturated heterocycles. The molecule has 2 aromatic carbocycles. The third kappa shape index (κ3) is 5.10. The summed E-state index contributed by atoms with van der Waals surface area (Å²) in [6.45, 7) is 0.457. The Labute approximate surface area is 209 Å². The van der Waals surface area contributed by atoms with Gasteiger partial charge in [-0.05, 0) is 79.1 Å². The van der Waals surface area contributed by atoms with Gasteiger partial charge >= 0.3 is 0 Å². The monoisotopic (exact) mass is 483 g/mol. The van der Waals surface area contributed by atoms with E-state index in [4.69, 9.17) is 9.15 Å². The molecule has 4 aromatic rings. The standard InChI is InChI=1S/C29H29N3O4/c1-35-23-10-5-7-20(18-23)14-15-32(27-13-6-16-36-27)29(34)22-9-4-8-21(17-22)19-26-24-11-2-3-12-25(24)28(33)31-30-26/h4-10,13,16-18H,2-3,11-12,14-15,19H2,1H3,(H,31,33). The third-order valence-corrected chi connectivity index (χ3v) is 6.70. The summed E-state index contributed by atoms with van der Waals surface area (Å²) >= 11 is 0. The minimum atomic E-state index is -0.133. The van der Waals surface area contributed by atoms with Gasteiger partial charge in [0, 0.05) is 30.2 Å². The number of fused-ring (bicyclic) bond motifs is 1. The van der Waals surface area contributed by atoms with E-state index in [9.17, 15) is 9.59 Å². The van der Waals surface area contributed by atoms with Gasteiger partial charge in [-0.25, -0.2) is 5.10 Å². The van der Waals surface area contributed by atoms with Crippen LogP contribution in [0.3, 0.4) is 0 Å². The van der Waals surface area contributed by atoms with Gasteiger partial charge in [0.05, 0.1) is 19.1 Å². The Morgan fingerprint density at radius 1 is 1.03 bits per heavy atom. The predicted octanol–water partition coefficient (Wildman–Crippen LogP) is 4.73. The van der Waals surface area contributed by atoms with E-state index in [1.54, 1.807) is 30.4 Å². The second-order valence-corrected chi connectivity index (χ2v) is 9.05. The first kappa shape index (κ1) is 23.6. The van der Waals surface area contributed by atoms with Crippen LogP contribution in [0.1, 0.15) is 51.1 Å². The number of aromatic nitrogens is 2. The van der Waals surface area contributed by atoms with Crippen molar-refractivity contribution in [3.63, 3.8) is 0 Å². The summed E-state index contributed by atoms with van der Waals surface area (Å²) < 4.78 is 10.9. The second-order valence-electron chi connectivity index (χ2n) is 9.05. The highest BCUT2D eigenvalue weighted by Crippen LogP contribution is 2.24. The van der Waals surface area contributed by atoms with E-state index in [1.807, 2.05) is 48.5 Å². The Hall–Kier alpha value is -4.13. The quantitative estimate of drug-likeness (QED) is 0.391. The van der Waals surface area contributed by atoms with Crippen LogP contribution in [0, 0.1) is 0 Å². The van der Waals surface area contributed by atoms with E-state index in [2.05, 4.69) is 10.2 Å². The summed E-state index contributed by atoms with van der Waals surface area (Å²) in [5.41, 5.74) is 5.35. The highest BCUT2D eigenvalue weighted by atomic mass is 16.5. The first-order chi connectivity index (χ1) is 17.6. The summed E-state index contributed by atoms with van der Waals surface area (Å²) in [5.74, 6) is 1.16. The first-order valence-electron chi connectivity index (χ1n) is 12.3. The number of carbonyl (C=O) groups is 1. The van der Waals surface area contributed by atoms with Crippen molar-refractivity contribution in [2.45, 2.75) is 38.5 Å². The Morgan fingerprint density at radius 2 is 1.83 bits per heavy atom.